The van der Waals surface area contributed by atoms with E-state index in [9.17, 15) is 13.2 Å². The highest BCUT2D eigenvalue weighted by Crippen LogP contribution is 2.28. The summed E-state index contributed by atoms with van der Waals surface area (Å²) < 4.78 is 27.6. The van der Waals surface area contributed by atoms with Crippen LogP contribution in [0.25, 0.3) is 0 Å². The van der Waals surface area contributed by atoms with Crippen LogP contribution in [-0.2, 0) is 14.8 Å². The Bertz CT molecular complexity index is 1270. The van der Waals surface area contributed by atoms with Gasteiger partial charge in [-0.25, -0.2) is 13.4 Å². The summed E-state index contributed by atoms with van der Waals surface area (Å²) in [5.74, 6) is 0.0627. The first-order valence-corrected chi connectivity index (χ1v) is 13.7. The second-order valence-electron chi connectivity index (χ2n) is 8.23. The van der Waals surface area contributed by atoms with E-state index in [2.05, 4.69) is 25.6 Å². The van der Waals surface area contributed by atoms with Crippen LogP contribution in [-0.4, -0.2) is 63.0 Å². The Kier molecular flexibility index (Phi) is 6.48. The molecule has 3 heterocycles. The minimum atomic E-state index is -3.72. The normalized spacial score (nSPS) is 19.6. The first-order chi connectivity index (χ1) is 16.4. The molecule has 182 valence electrons. The molecule has 1 amide bonds. The van der Waals surface area contributed by atoms with E-state index >= 15 is 0 Å². The highest BCUT2D eigenvalue weighted by molar-refractivity contribution is 7.93. The van der Waals surface area contributed by atoms with Gasteiger partial charge in [0.2, 0.25) is 5.91 Å². The maximum Gasteiger partial charge on any atom is 0.263 e. The van der Waals surface area contributed by atoms with Crippen molar-refractivity contribution in [3.05, 3.63) is 65.1 Å². The predicted octanol–water partition coefficient (Wildman–Crippen LogP) is 4.02. The number of thiazole rings is 1. The second kappa shape index (κ2) is 9.53. The van der Waals surface area contributed by atoms with Gasteiger partial charge >= 0.3 is 0 Å². The van der Waals surface area contributed by atoms with Gasteiger partial charge in [0, 0.05) is 63.6 Å². The van der Waals surface area contributed by atoms with Crippen LogP contribution < -0.4 is 14.5 Å². The number of hydrogen-bond acceptors (Lipinski definition) is 7. The molecule has 2 aliphatic rings. The molecule has 0 bridgehead atoms. The third kappa shape index (κ3) is 4.76. The summed E-state index contributed by atoms with van der Waals surface area (Å²) >= 11 is 7.34. The van der Waals surface area contributed by atoms with E-state index in [-0.39, 0.29) is 19.7 Å². The third-order valence-corrected chi connectivity index (χ3v) is 8.63. The molecular formula is C23H28ClN5O3S2. The van der Waals surface area contributed by atoms with E-state index in [1.54, 1.807) is 22.4 Å². The van der Waals surface area contributed by atoms with Gasteiger partial charge in [-0.05, 0) is 48.9 Å². The van der Waals surface area contributed by atoms with Crippen LogP contribution in [0.2, 0.25) is 5.02 Å². The molecule has 2 saturated heterocycles. The number of aromatic nitrogens is 1. The Morgan fingerprint density at radius 1 is 1.03 bits per heavy atom. The van der Waals surface area contributed by atoms with Gasteiger partial charge in [0.05, 0.1) is 10.9 Å². The Labute approximate surface area is 210 Å². The van der Waals surface area contributed by atoms with Gasteiger partial charge in [-0.1, -0.05) is 17.7 Å². The molecule has 0 aliphatic carbocycles. The largest absolute Gasteiger partial charge is 0.369 e. The first-order valence-electron chi connectivity index (χ1n) is 11.0. The Hall–Kier alpha value is -2.66. The fourth-order valence-corrected chi connectivity index (χ4v) is 6.45. The monoisotopic (exact) mass is 521 g/mol. The van der Waals surface area contributed by atoms with Gasteiger partial charge in [0.15, 0.2) is 5.13 Å². The number of rotatable bonds is 6. The molecule has 1 N–H and O–H groups in total. The number of benzene rings is 2. The van der Waals surface area contributed by atoms with Crippen molar-refractivity contribution in [2.45, 2.75) is 17.4 Å². The zero-order valence-corrected chi connectivity index (χ0v) is 20.7. The van der Waals surface area contributed by atoms with Crippen molar-refractivity contribution in [2.75, 3.05) is 47.2 Å². The SMILES string of the molecule is O=C1[C@@H](N2CCN(c3cccc(Cl)c3)CC2)CCN1c1ccc(S(=O)(=O)Nc2nccs2)cc1.[HH].[HH]. The van der Waals surface area contributed by atoms with E-state index in [1.807, 2.05) is 18.2 Å². The quantitative estimate of drug-likeness (QED) is 0.527. The van der Waals surface area contributed by atoms with Gasteiger partial charge in [-0.3, -0.25) is 14.4 Å². The van der Waals surface area contributed by atoms with Crippen molar-refractivity contribution >= 4 is 55.4 Å². The molecule has 0 spiro atoms. The standard InChI is InChI=1S/C23H24ClN5O3S2.2H2/c24-17-2-1-3-19(16-17)27-11-13-28(14-12-27)21-8-10-29(22(21)30)18-4-6-20(7-5-18)34(31,32)26-23-25-9-15-33-23;;/h1-7,9,15-16,21H,8,10-14H2,(H,25,26);2*1H/t21-;;/m0../s1. The summed E-state index contributed by atoms with van der Waals surface area (Å²) in [6.45, 7) is 3.89. The highest BCUT2D eigenvalue weighted by Gasteiger charge is 2.38. The molecular weight excluding hydrogens is 494 g/mol. The van der Waals surface area contributed by atoms with Gasteiger partial charge in [0.1, 0.15) is 0 Å². The molecule has 0 unspecified atom stereocenters. The van der Waals surface area contributed by atoms with E-state index in [0.29, 0.717) is 17.4 Å². The molecule has 11 heteroatoms. The number of carbonyl (C=O) groups is 1. The summed E-state index contributed by atoms with van der Waals surface area (Å²) in [5, 5.41) is 2.74. The number of nitrogens with zero attached hydrogens (tertiary/aromatic N) is 4. The van der Waals surface area contributed by atoms with Crippen molar-refractivity contribution < 1.29 is 16.1 Å². The maximum atomic E-state index is 13.2. The smallest absolute Gasteiger partial charge is 0.263 e. The van der Waals surface area contributed by atoms with Crippen molar-refractivity contribution in [2.24, 2.45) is 0 Å². The molecule has 3 aromatic rings. The lowest BCUT2D eigenvalue weighted by Gasteiger charge is -2.38. The molecule has 8 nitrogen and oxygen atoms in total. The molecule has 5 rings (SSSR count). The number of anilines is 3. The van der Waals surface area contributed by atoms with Crippen LogP contribution >= 0.6 is 22.9 Å². The maximum absolute atomic E-state index is 13.2. The van der Waals surface area contributed by atoms with Gasteiger partial charge in [-0.2, -0.15) is 0 Å². The van der Waals surface area contributed by atoms with Crippen molar-refractivity contribution in [1.29, 1.82) is 0 Å². The number of sulfonamides is 1. The zero-order chi connectivity index (χ0) is 23.7. The zero-order valence-electron chi connectivity index (χ0n) is 18.3. The molecule has 2 aliphatic heterocycles. The minimum absolute atomic E-state index is 0. The number of nitrogens with one attached hydrogen (secondary N) is 1. The van der Waals surface area contributed by atoms with Gasteiger partial charge in [-0.15, -0.1) is 11.3 Å². The summed E-state index contributed by atoms with van der Waals surface area (Å²) in [4.78, 5) is 23.6. The summed E-state index contributed by atoms with van der Waals surface area (Å²) in [6.07, 6.45) is 2.29. The Balaban J connectivity index is 0.00000180. The molecule has 2 aromatic carbocycles. The number of piperazine rings is 1. The first kappa shape index (κ1) is 23.1. The van der Waals surface area contributed by atoms with Crippen LogP contribution in [0.4, 0.5) is 16.5 Å². The summed E-state index contributed by atoms with van der Waals surface area (Å²) in [5.41, 5.74) is 1.81. The lowest BCUT2D eigenvalue weighted by molar-refractivity contribution is -0.121. The fraction of sp³-hybridized carbons (Fsp3) is 0.304. The highest BCUT2D eigenvalue weighted by atomic mass is 35.5. The number of halogens is 1. The molecule has 0 radical (unpaired) electrons. The van der Waals surface area contributed by atoms with Crippen LogP contribution in [0.5, 0.6) is 0 Å². The van der Waals surface area contributed by atoms with E-state index in [4.69, 9.17) is 11.6 Å². The van der Waals surface area contributed by atoms with Crippen LogP contribution in [0.1, 0.15) is 9.27 Å². The average Bonchev–Trinajstić information content (AvgIpc) is 3.48. The average molecular weight is 522 g/mol. The van der Waals surface area contributed by atoms with Crippen molar-refractivity contribution in [3.8, 4) is 0 Å². The molecule has 1 aromatic heterocycles. The predicted molar refractivity (Wildman–Crippen MR) is 140 cm³/mol. The van der Waals surface area contributed by atoms with Crippen molar-refractivity contribution in [3.63, 3.8) is 0 Å². The Morgan fingerprint density at radius 3 is 2.47 bits per heavy atom. The molecule has 0 saturated carbocycles. The summed E-state index contributed by atoms with van der Waals surface area (Å²) in [7, 11) is -3.72. The van der Waals surface area contributed by atoms with Gasteiger partial charge < -0.3 is 9.80 Å². The number of hydrogen-bond donors (Lipinski definition) is 1. The van der Waals surface area contributed by atoms with E-state index < -0.39 is 10.0 Å². The fourth-order valence-electron chi connectivity index (χ4n) is 4.48. The number of carbonyl (C=O) groups excluding carboxylic acids is 1. The molecule has 34 heavy (non-hydrogen) atoms. The summed E-state index contributed by atoms with van der Waals surface area (Å²) in [6, 6.07) is 14.1. The topological polar surface area (TPSA) is 85.9 Å². The van der Waals surface area contributed by atoms with E-state index in [1.165, 1.54) is 29.7 Å². The van der Waals surface area contributed by atoms with Crippen molar-refractivity contribution in [1.82, 2.24) is 9.88 Å². The lowest BCUT2D eigenvalue weighted by Crippen LogP contribution is -2.52. The molecule has 2 fully saturated rings. The number of amides is 1. The lowest BCUT2D eigenvalue weighted by atomic mass is 10.1. The third-order valence-electron chi connectivity index (χ3n) is 6.22. The Morgan fingerprint density at radius 2 is 1.79 bits per heavy atom. The second-order valence-corrected chi connectivity index (χ2v) is 11.2. The minimum Gasteiger partial charge on any atom is -0.369 e. The van der Waals surface area contributed by atoms with Crippen LogP contribution in [0.15, 0.2) is 65.0 Å². The van der Waals surface area contributed by atoms with Gasteiger partial charge in [0.25, 0.3) is 10.0 Å². The van der Waals surface area contributed by atoms with Crippen LogP contribution in [0, 0.1) is 0 Å². The van der Waals surface area contributed by atoms with Crippen LogP contribution in [0.3, 0.4) is 0 Å². The molecule has 1 atom stereocenters. The van der Waals surface area contributed by atoms with E-state index in [0.717, 1.165) is 43.3 Å².